The number of anilines is 1. The van der Waals surface area contributed by atoms with Gasteiger partial charge in [-0.3, -0.25) is 9.59 Å². The lowest BCUT2D eigenvalue weighted by Gasteiger charge is -2.16. The fraction of sp³-hybridized carbons (Fsp3) is 0.556. The van der Waals surface area contributed by atoms with Gasteiger partial charge in [0.05, 0.1) is 10.7 Å². The lowest BCUT2D eigenvalue weighted by molar-refractivity contribution is -0.127. The zero-order valence-electron chi connectivity index (χ0n) is 13.9. The fourth-order valence-electron chi connectivity index (χ4n) is 3.11. The average molecular weight is 337 g/mol. The molecular weight excluding hydrogens is 312 g/mol. The predicted octanol–water partition coefficient (Wildman–Crippen LogP) is 4.12. The molecule has 5 heteroatoms. The van der Waals surface area contributed by atoms with Crippen LogP contribution < -0.4 is 10.6 Å². The molecule has 0 atom stereocenters. The summed E-state index contributed by atoms with van der Waals surface area (Å²) in [6, 6.07) is 3.96. The van der Waals surface area contributed by atoms with Crippen molar-refractivity contribution in [2.24, 2.45) is 0 Å². The summed E-state index contributed by atoms with van der Waals surface area (Å²) in [5, 5.41) is 6.24. The first-order valence-corrected chi connectivity index (χ1v) is 8.69. The van der Waals surface area contributed by atoms with Crippen molar-refractivity contribution in [1.82, 2.24) is 5.32 Å². The van der Waals surface area contributed by atoms with Gasteiger partial charge in [-0.2, -0.15) is 0 Å². The molecule has 1 saturated carbocycles. The van der Waals surface area contributed by atoms with Gasteiger partial charge in [-0.15, -0.1) is 0 Å². The van der Waals surface area contributed by atoms with Gasteiger partial charge in [0.15, 0.2) is 0 Å². The Morgan fingerprint density at radius 1 is 1.09 bits per heavy atom. The van der Waals surface area contributed by atoms with Crippen LogP contribution in [0.15, 0.2) is 12.1 Å². The summed E-state index contributed by atoms with van der Waals surface area (Å²) in [6.07, 6.45) is 6.62. The molecule has 0 bridgehead atoms. The summed E-state index contributed by atoms with van der Waals surface area (Å²) in [7, 11) is 0. The highest BCUT2D eigenvalue weighted by atomic mass is 35.5. The second-order valence-electron chi connectivity index (χ2n) is 6.42. The highest BCUT2D eigenvalue weighted by molar-refractivity contribution is 6.34. The molecule has 2 rings (SSSR count). The Labute approximate surface area is 143 Å². The molecule has 0 aliphatic heterocycles. The van der Waals surface area contributed by atoms with E-state index in [2.05, 4.69) is 10.6 Å². The maximum atomic E-state index is 12.1. The van der Waals surface area contributed by atoms with Crippen LogP contribution in [-0.4, -0.2) is 17.9 Å². The van der Waals surface area contributed by atoms with Crippen molar-refractivity contribution in [3.63, 3.8) is 0 Å². The number of rotatable bonds is 4. The molecular formula is C18H25ClN2O2. The first-order valence-electron chi connectivity index (χ1n) is 8.31. The molecule has 0 radical (unpaired) electrons. The highest BCUT2D eigenvalue weighted by Gasteiger charge is 2.17. The standard InChI is InChI=1S/C18H25ClN2O2/c1-12-9-13(2)18(15(19)10-12)21-17(23)11-16(22)20-14-7-5-3-4-6-8-14/h9-10,14H,3-8,11H2,1-2H3,(H,20,22)(H,21,23). The summed E-state index contributed by atoms with van der Waals surface area (Å²) >= 11 is 6.17. The number of nitrogens with one attached hydrogen (secondary N) is 2. The van der Waals surface area contributed by atoms with Crippen LogP contribution in [0.2, 0.25) is 5.02 Å². The van der Waals surface area contributed by atoms with Gasteiger partial charge in [-0.1, -0.05) is 43.4 Å². The SMILES string of the molecule is Cc1cc(C)c(NC(=O)CC(=O)NC2CCCCCC2)c(Cl)c1. The molecule has 0 saturated heterocycles. The fourth-order valence-corrected chi connectivity index (χ4v) is 3.47. The van der Waals surface area contributed by atoms with Crippen molar-refractivity contribution >= 4 is 29.1 Å². The molecule has 1 aromatic carbocycles. The lowest BCUT2D eigenvalue weighted by Crippen LogP contribution is -2.36. The third kappa shape index (κ3) is 5.54. The average Bonchev–Trinajstić information content (AvgIpc) is 2.71. The van der Waals surface area contributed by atoms with Gasteiger partial charge in [0.25, 0.3) is 0 Å². The summed E-state index contributed by atoms with van der Waals surface area (Å²) < 4.78 is 0. The van der Waals surface area contributed by atoms with E-state index in [4.69, 9.17) is 11.6 Å². The van der Waals surface area contributed by atoms with E-state index in [-0.39, 0.29) is 24.3 Å². The number of hydrogen-bond acceptors (Lipinski definition) is 2. The number of carbonyl (C=O) groups is 2. The van der Waals surface area contributed by atoms with Gasteiger partial charge in [-0.05, 0) is 43.9 Å². The van der Waals surface area contributed by atoms with E-state index in [1.54, 1.807) is 6.07 Å². The zero-order valence-corrected chi connectivity index (χ0v) is 14.6. The number of benzene rings is 1. The van der Waals surface area contributed by atoms with Crippen molar-refractivity contribution in [3.05, 3.63) is 28.3 Å². The zero-order chi connectivity index (χ0) is 16.8. The number of aryl methyl sites for hydroxylation is 2. The van der Waals surface area contributed by atoms with E-state index in [1.165, 1.54) is 12.8 Å². The molecule has 126 valence electrons. The lowest BCUT2D eigenvalue weighted by atomic mass is 10.1. The Morgan fingerprint density at radius 2 is 1.74 bits per heavy atom. The van der Waals surface area contributed by atoms with Crippen LogP contribution in [0.5, 0.6) is 0 Å². The molecule has 2 amide bonds. The summed E-state index contributed by atoms with van der Waals surface area (Å²) in [6.45, 7) is 3.84. The van der Waals surface area contributed by atoms with E-state index < -0.39 is 0 Å². The Hall–Kier alpha value is -1.55. The summed E-state index contributed by atoms with van der Waals surface area (Å²) in [4.78, 5) is 24.1. The Bertz CT molecular complexity index is 555. The summed E-state index contributed by atoms with van der Waals surface area (Å²) in [5.74, 6) is -0.541. The van der Waals surface area contributed by atoms with Crippen molar-refractivity contribution in [2.45, 2.75) is 64.8 Å². The molecule has 1 aromatic rings. The van der Waals surface area contributed by atoms with E-state index in [0.29, 0.717) is 10.7 Å². The molecule has 1 fully saturated rings. The van der Waals surface area contributed by atoms with Crippen LogP contribution in [0.25, 0.3) is 0 Å². The van der Waals surface area contributed by atoms with Gasteiger partial charge >= 0.3 is 0 Å². The number of hydrogen-bond donors (Lipinski definition) is 2. The number of amides is 2. The largest absolute Gasteiger partial charge is 0.353 e. The van der Waals surface area contributed by atoms with E-state index in [0.717, 1.165) is 36.8 Å². The molecule has 0 unspecified atom stereocenters. The highest BCUT2D eigenvalue weighted by Crippen LogP contribution is 2.27. The van der Waals surface area contributed by atoms with Crippen molar-refractivity contribution < 1.29 is 9.59 Å². The maximum absolute atomic E-state index is 12.1. The van der Waals surface area contributed by atoms with Crippen LogP contribution in [0, 0.1) is 13.8 Å². The first-order chi connectivity index (χ1) is 11.0. The second kappa shape index (κ2) is 8.34. The van der Waals surface area contributed by atoms with Crippen molar-refractivity contribution in [3.8, 4) is 0 Å². The Balaban J connectivity index is 1.88. The van der Waals surface area contributed by atoms with Gasteiger partial charge in [0, 0.05) is 6.04 Å². The molecule has 0 spiro atoms. The molecule has 1 aliphatic carbocycles. The van der Waals surface area contributed by atoms with Crippen molar-refractivity contribution in [1.29, 1.82) is 0 Å². The third-order valence-corrected chi connectivity index (χ3v) is 4.54. The quantitative estimate of drug-likeness (QED) is 0.641. The van der Waals surface area contributed by atoms with E-state index in [9.17, 15) is 9.59 Å². The molecule has 23 heavy (non-hydrogen) atoms. The molecule has 0 heterocycles. The molecule has 0 aromatic heterocycles. The molecule has 1 aliphatic rings. The normalized spacial score (nSPS) is 15.8. The second-order valence-corrected chi connectivity index (χ2v) is 6.83. The minimum atomic E-state index is -0.329. The van der Waals surface area contributed by atoms with Gasteiger partial charge in [0.2, 0.25) is 11.8 Å². The maximum Gasteiger partial charge on any atom is 0.233 e. The van der Waals surface area contributed by atoms with Gasteiger partial charge in [0.1, 0.15) is 6.42 Å². The summed E-state index contributed by atoms with van der Waals surface area (Å²) in [5.41, 5.74) is 2.52. The smallest absolute Gasteiger partial charge is 0.233 e. The predicted molar refractivity (Wildman–Crippen MR) is 93.8 cm³/mol. The number of carbonyl (C=O) groups excluding carboxylic acids is 2. The third-order valence-electron chi connectivity index (χ3n) is 4.24. The van der Waals surface area contributed by atoms with Crippen LogP contribution in [0.1, 0.15) is 56.1 Å². The first kappa shape index (κ1) is 17.8. The minimum Gasteiger partial charge on any atom is -0.353 e. The minimum absolute atomic E-state index is 0.167. The van der Waals surface area contributed by atoms with Gasteiger partial charge in [-0.25, -0.2) is 0 Å². The Morgan fingerprint density at radius 3 is 2.35 bits per heavy atom. The molecule has 2 N–H and O–H groups in total. The van der Waals surface area contributed by atoms with E-state index >= 15 is 0 Å². The van der Waals surface area contributed by atoms with Crippen molar-refractivity contribution in [2.75, 3.05) is 5.32 Å². The van der Waals surface area contributed by atoms with E-state index in [1.807, 2.05) is 19.9 Å². The van der Waals surface area contributed by atoms with Crippen LogP contribution in [0.4, 0.5) is 5.69 Å². The van der Waals surface area contributed by atoms with Gasteiger partial charge < -0.3 is 10.6 Å². The topological polar surface area (TPSA) is 58.2 Å². The van der Waals surface area contributed by atoms with Crippen LogP contribution in [-0.2, 0) is 9.59 Å². The number of halogens is 1. The Kier molecular flexibility index (Phi) is 6.46. The van der Waals surface area contributed by atoms with Crippen LogP contribution >= 0.6 is 11.6 Å². The monoisotopic (exact) mass is 336 g/mol. The van der Waals surface area contributed by atoms with Crippen LogP contribution in [0.3, 0.4) is 0 Å². The molecule has 4 nitrogen and oxygen atoms in total.